The minimum atomic E-state index is -0.662. The topological polar surface area (TPSA) is 98.3 Å². The number of benzene rings is 1. The van der Waals surface area contributed by atoms with Crippen molar-refractivity contribution in [3.63, 3.8) is 0 Å². The molecule has 7 nitrogen and oxygen atoms in total. The van der Waals surface area contributed by atoms with E-state index in [1.54, 1.807) is 0 Å². The third-order valence-corrected chi connectivity index (χ3v) is 3.56. The number of nitrogens with one attached hydrogen (secondary N) is 1. The van der Waals surface area contributed by atoms with E-state index in [2.05, 4.69) is 5.32 Å². The molecule has 0 fully saturated rings. The van der Waals surface area contributed by atoms with Gasteiger partial charge in [0.15, 0.2) is 0 Å². The van der Waals surface area contributed by atoms with Crippen LogP contribution in [-0.2, 0) is 0 Å². The van der Waals surface area contributed by atoms with Crippen molar-refractivity contribution in [3.05, 3.63) is 38.4 Å². The van der Waals surface area contributed by atoms with E-state index >= 15 is 0 Å². The van der Waals surface area contributed by atoms with E-state index in [0.717, 1.165) is 12.5 Å². The molecule has 0 aliphatic rings. The van der Waals surface area contributed by atoms with Crippen LogP contribution in [0.5, 0.6) is 0 Å². The highest BCUT2D eigenvalue weighted by atomic mass is 35.5. The summed E-state index contributed by atoms with van der Waals surface area (Å²) < 4.78 is 0. The average molecular weight is 302 g/mol. The van der Waals surface area contributed by atoms with Crippen molar-refractivity contribution < 1.29 is 9.85 Å². The number of halogens is 1. The molecule has 0 aliphatic carbocycles. The number of rotatable bonds is 7. The molecular formula is C12H16ClN3O4. The van der Waals surface area contributed by atoms with E-state index in [0.29, 0.717) is 5.88 Å². The molecule has 0 saturated carbocycles. The Morgan fingerprint density at radius 1 is 1.30 bits per heavy atom. The van der Waals surface area contributed by atoms with Crippen LogP contribution in [0.25, 0.3) is 0 Å². The van der Waals surface area contributed by atoms with Gasteiger partial charge in [0.2, 0.25) is 0 Å². The minimum absolute atomic E-state index is 0.137. The summed E-state index contributed by atoms with van der Waals surface area (Å²) in [4.78, 5) is 20.4. The molecule has 0 saturated heterocycles. The maximum Gasteiger partial charge on any atom is 0.299 e. The number of anilines is 1. The average Bonchev–Trinajstić information content (AvgIpc) is 2.43. The first-order valence-electron chi connectivity index (χ1n) is 6.16. The summed E-state index contributed by atoms with van der Waals surface area (Å²) >= 11 is 5.86. The lowest BCUT2D eigenvalue weighted by molar-refractivity contribution is -0.393. The van der Waals surface area contributed by atoms with Gasteiger partial charge in [0, 0.05) is 18.0 Å². The molecule has 110 valence electrons. The fourth-order valence-electron chi connectivity index (χ4n) is 1.72. The second-order valence-corrected chi connectivity index (χ2v) is 4.81. The quantitative estimate of drug-likeness (QED) is 0.471. The number of hydrogen-bond donors (Lipinski definition) is 1. The van der Waals surface area contributed by atoms with Crippen LogP contribution in [0, 0.1) is 26.1 Å². The summed E-state index contributed by atoms with van der Waals surface area (Å²) in [5, 5.41) is 24.7. The monoisotopic (exact) mass is 301 g/mol. The van der Waals surface area contributed by atoms with Gasteiger partial charge in [-0.25, -0.2) is 0 Å². The van der Waals surface area contributed by atoms with E-state index in [1.807, 2.05) is 13.8 Å². The first-order valence-corrected chi connectivity index (χ1v) is 6.69. The van der Waals surface area contributed by atoms with E-state index in [-0.39, 0.29) is 29.0 Å². The zero-order chi connectivity index (χ0) is 15.3. The Kier molecular flexibility index (Phi) is 5.69. The Bertz CT molecular complexity index is 509. The summed E-state index contributed by atoms with van der Waals surface area (Å²) in [5.41, 5.74) is -0.391. The van der Waals surface area contributed by atoms with Crippen molar-refractivity contribution in [3.8, 4) is 0 Å². The van der Waals surface area contributed by atoms with Crippen molar-refractivity contribution in [2.24, 2.45) is 5.92 Å². The van der Waals surface area contributed by atoms with Crippen molar-refractivity contribution >= 4 is 28.7 Å². The van der Waals surface area contributed by atoms with Crippen LogP contribution in [0.1, 0.15) is 20.3 Å². The third-order valence-electron chi connectivity index (χ3n) is 3.23. The van der Waals surface area contributed by atoms with Gasteiger partial charge in [0.05, 0.1) is 15.9 Å². The Morgan fingerprint density at radius 3 is 2.40 bits per heavy atom. The Hall–Kier alpha value is -1.89. The summed E-state index contributed by atoms with van der Waals surface area (Å²) in [6.07, 6.45) is 0.866. The maximum atomic E-state index is 11.0. The molecule has 0 spiro atoms. The number of hydrogen-bond acceptors (Lipinski definition) is 5. The highest BCUT2D eigenvalue weighted by Crippen LogP contribution is 2.30. The summed E-state index contributed by atoms with van der Waals surface area (Å²) in [6, 6.07) is 3.39. The molecule has 0 amide bonds. The van der Waals surface area contributed by atoms with E-state index in [4.69, 9.17) is 11.6 Å². The van der Waals surface area contributed by atoms with Crippen LogP contribution in [0.4, 0.5) is 17.1 Å². The van der Waals surface area contributed by atoms with Crippen molar-refractivity contribution in [1.29, 1.82) is 0 Å². The molecule has 0 unspecified atom stereocenters. The van der Waals surface area contributed by atoms with Gasteiger partial charge in [-0.15, -0.1) is 11.6 Å². The minimum Gasteiger partial charge on any atom is -0.375 e. The van der Waals surface area contributed by atoms with E-state index < -0.39 is 9.85 Å². The fourth-order valence-corrected chi connectivity index (χ4v) is 2.11. The first kappa shape index (κ1) is 16.2. The molecule has 8 heteroatoms. The largest absolute Gasteiger partial charge is 0.375 e. The van der Waals surface area contributed by atoms with Gasteiger partial charge in [-0.2, -0.15) is 0 Å². The van der Waals surface area contributed by atoms with Crippen LogP contribution >= 0.6 is 11.6 Å². The lowest BCUT2D eigenvalue weighted by Gasteiger charge is -2.22. The zero-order valence-electron chi connectivity index (χ0n) is 11.2. The molecule has 2 atom stereocenters. The standard InChI is InChI=1S/C12H16ClN3O4/c1-3-8(2)11(7-13)14-10-5-4-9(15(17)18)6-12(10)16(19)20/h4-6,8,11,14H,3,7H2,1-2H3/t8-,11+/m0/s1. The fraction of sp³-hybridized carbons (Fsp3) is 0.500. The molecule has 0 aliphatic heterocycles. The lowest BCUT2D eigenvalue weighted by atomic mass is 10.0. The molecule has 1 N–H and O–H groups in total. The number of nitrogens with zero attached hydrogens (tertiary/aromatic N) is 2. The van der Waals surface area contributed by atoms with Crippen LogP contribution in [0.2, 0.25) is 0 Å². The van der Waals surface area contributed by atoms with E-state index in [1.165, 1.54) is 12.1 Å². The maximum absolute atomic E-state index is 11.0. The summed E-state index contributed by atoms with van der Waals surface area (Å²) in [5.74, 6) is 0.519. The second kappa shape index (κ2) is 7.04. The normalized spacial score (nSPS) is 13.6. The molecule has 0 aromatic heterocycles. The Labute approximate surface area is 121 Å². The Balaban J connectivity index is 3.11. The smallest absolute Gasteiger partial charge is 0.299 e. The van der Waals surface area contributed by atoms with Crippen molar-refractivity contribution in [2.75, 3.05) is 11.2 Å². The first-order chi connectivity index (χ1) is 9.40. The molecule has 0 bridgehead atoms. The van der Waals surface area contributed by atoms with Gasteiger partial charge in [0.25, 0.3) is 11.4 Å². The Morgan fingerprint density at radius 2 is 1.95 bits per heavy atom. The van der Waals surface area contributed by atoms with Gasteiger partial charge < -0.3 is 5.32 Å². The highest BCUT2D eigenvalue weighted by Gasteiger charge is 2.23. The lowest BCUT2D eigenvalue weighted by Crippen LogP contribution is -2.29. The number of nitro benzene ring substituents is 2. The highest BCUT2D eigenvalue weighted by molar-refractivity contribution is 6.18. The van der Waals surface area contributed by atoms with Crippen molar-refractivity contribution in [1.82, 2.24) is 0 Å². The molecule has 0 heterocycles. The predicted octanol–water partition coefficient (Wildman–Crippen LogP) is 3.57. The molecule has 1 aromatic rings. The van der Waals surface area contributed by atoms with Gasteiger partial charge in [-0.05, 0) is 12.0 Å². The molecule has 1 aromatic carbocycles. The number of non-ortho nitro benzene ring substituents is 1. The van der Waals surface area contributed by atoms with Crippen molar-refractivity contribution in [2.45, 2.75) is 26.3 Å². The summed E-state index contributed by atoms with van der Waals surface area (Å²) in [7, 11) is 0. The van der Waals surface area contributed by atoms with Crippen LogP contribution in [0.15, 0.2) is 18.2 Å². The molecule has 0 radical (unpaired) electrons. The third kappa shape index (κ3) is 3.80. The SMILES string of the molecule is CC[C@H](C)[C@@H](CCl)Nc1ccc([N+](=O)[O-])cc1[N+](=O)[O-]. The number of nitro groups is 2. The second-order valence-electron chi connectivity index (χ2n) is 4.51. The van der Waals surface area contributed by atoms with Crippen LogP contribution in [0.3, 0.4) is 0 Å². The predicted molar refractivity (Wildman–Crippen MR) is 77.3 cm³/mol. The molecule has 1 rings (SSSR count). The van der Waals surface area contributed by atoms with Gasteiger partial charge in [0.1, 0.15) is 5.69 Å². The summed E-state index contributed by atoms with van der Waals surface area (Å²) in [6.45, 7) is 3.98. The van der Waals surface area contributed by atoms with Gasteiger partial charge in [-0.3, -0.25) is 20.2 Å². The van der Waals surface area contributed by atoms with Gasteiger partial charge in [-0.1, -0.05) is 20.3 Å². The van der Waals surface area contributed by atoms with Crippen LogP contribution in [-0.4, -0.2) is 21.8 Å². The zero-order valence-corrected chi connectivity index (χ0v) is 12.0. The van der Waals surface area contributed by atoms with Gasteiger partial charge >= 0.3 is 0 Å². The number of alkyl halides is 1. The van der Waals surface area contributed by atoms with Crippen LogP contribution < -0.4 is 5.32 Å². The van der Waals surface area contributed by atoms with E-state index in [9.17, 15) is 20.2 Å². The molecule has 20 heavy (non-hydrogen) atoms. The molecular weight excluding hydrogens is 286 g/mol.